The second-order valence-corrected chi connectivity index (χ2v) is 6.47. The molecule has 1 aliphatic rings. The van der Waals surface area contributed by atoms with Crippen molar-refractivity contribution in [3.8, 4) is 0 Å². The topological polar surface area (TPSA) is 64.0 Å². The van der Waals surface area contributed by atoms with Gasteiger partial charge >= 0.3 is 0 Å². The van der Waals surface area contributed by atoms with Gasteiger partial charge in [-0.25, -0.2) is 17.5 Å². The van der Waals surface area contributed by atoms with Crippen molar-refractivity contribution in [2.45, 2.75) is 30.3 Å². The molecular weight excluding hydrogens is 281 g/mol. The maximum Gasteiger partial charge on any atom is 0.243 e. The number of rotatable bonds is 3. The molecule has 1 aromatic carbocycles. The summed E-state index contributed by atoms with van der Waals surface area (Å²) < 4.78 is 42.4. The number of nitrogens with one attached hydrogen (secondary N) is 1. The van der Waals surface area contributed by atoms with Crippen molar-refractivity contribution in [3.05, 3.63) is 48.0 Å². The lowest BCUT2D eigenvalue weighted by Gasteiger charge is -2.24. The van der Waals surface area contributed by atoms with Gasteiger partial charge in [-0.15, -0.1) is 0 Å². The second-order valence-electron chi connectivity index (χ2n) is 4.79. The molecule has 2 heterocycles. The van der Waals surface area contributed by atoms with Gasteiger partial charge in [-0.05, 0) is 24.6 Å². The summed E-state index contributed by atoms with van der Waals surface area (Å²) in [6.45, 7) is 0.660. The Morgan fingerprint density at radius 1 is 1.30 bits per heavy atom. The van der Waals surface area contributed by atoms with E-state index in [-0.39, 0.29) is 10.9 Å². The summed E-state index contributed by atoms with van der Waals surface area (Å²) in [6.07, 6.45) is 2.90. The van der Waals surface area contributed by atoms with E-state index in [9.17, 15) is 12.8 Å². The summed E-state index contributed by atoms with van der Waals surface area (Å²) in [5.41, 5.74) is 0.984. The lowest BCUT2D eigenvalue weighted by Crippen LogP contribution is -2.40. The Morgan fingerprint density at radius 3 is 2.90 bits per heavy atom. The molecule has 2 aromatic rings. The molecule has 0 unspecified atom stereocenters. The molecule has 0 bridgehead atoms. The summed E-state index contributed by atoms with van der Waals surface area (Å²) >= 11 is 0. The fraction of sp³-hybridized carbons (Fsp3) is 0.308. The van der Waals surface area contributed by atoms with E-state index in [1.54, 1.807) is 6.20 Å². The van der Waals surface area contributed by atoms with Crippen LogP contribution >= 0.6 is 0 Å². The summed E-state index contributed by atoms with van der Waals surface area (Å²) in [7, 11) is -3.83. The van der Waals surface area contributed by atoms with Gasteiger partial charge in [0.25, 0.3) is 0 Å². The summed E-state index contributed by atoms with van der Waals surface area (Å²) in [5.74, 6) is -0.735. The number of nitrogens with zero attached hydrogens (tertiary/aromatic N) is 2. The van der Waals surface area contributed by atoms with Gasteiger partial charge in [0.2, 0.25) is 10.0 Å². The molecule has 0 spiro atoms. The molecule has 0 saturated carbocycles. The second kappa shape index (κ2) is 4.99. The van der Waals surface area contributed by atoms with Gasteiger partial charge in [-0.1, -0.05) is 12.1 Å². The molecule has 5 nitrogen and oxygen atoms in total. The van der Waals surface area contributed by atoms with Crippen molar-refractivity contribution in [1.29, 1.82) is 0 Å². The average molecular weight is 295 g/mol. The van der Waals surface area contributed by atoms with Gasteiger partial charge < -0.3 is 0 Å². The Labute approximate surface area is 116 Å². The van der Waals surface area contributed by atoms with Crippen molar-refractivity contribution < 1.29 is 12.8 Å². The number of hydrogen-bond acceptors (Lipinski definition) is 3. The molecule has 1 N–H and O–H groups in total. The van der Waals surface area contributed by atoms with Crippen LogP contribution in [0.5, 0.6) is 0 Å². The van der Waals surface area contributed by atoms with Crippen LogP contribution in [0.3, 0.4) is 0 Å². The third-order valence-corrected chi connectivity index (χ3v) is 4.95. The van der Waals surface area contributed by atoms with Gasteiger partial charge in [0.15, 0.2) is 0 Å². The molecule has 0 aliphatic carbocycles. The Bertz CT molecular complexity index is 727. The Kier molecular flexibility index (Phi) is 3.31. The van der Waals surface area contributed by atoms with Crippen LogP contribution in [0.2, 0.25) is 0 Å². The first-order chi connectivity index (χ1) is 9.56. The molecule has 0 radical (unpaired) electrons. The Balaban J connectivity index is 1.80. The third kappa shape index (κ3) is 2.46. The average Bonchev–Trinajstić information content (AvgIpc) is 2.86. The molecular formula is C13H14FN3O2S. The van der Waals surface area contributed by atoms with Crippen LogP contribution in [0.25, 0.3) is 0 Å². The molecule has 1 atom stereocenters. The normalized spacial score (nSPS) is 18.8. The van der Waals surface area contributed by atoms with E-state index < -0.39 is 15.8 Å². The van der Waals surface area contributed by atoms with Gasteiger partial charge in [0.1, 0.15) is 10.7 Å². The molecule has 20 heavy (non-hydrogen) atoms. The molecule has 7 heteroatoms. The number of fused-ring (bicyclic) bond motifs is 1. The summed E-state index contributed by atoms with van der Waals surface area (Å²) in [4.78, 5) is -0.306. The number of hydrogen-bond donors (Lipinski definition) is 1. The van der Waals surface area contributed by atoms with Gasteiger partial charge in [0.05, 0.1) is 0 Å². The minimum absolute atomic E-state index is 0.233. The van der Waals surface area contributed by atoms with Crippen LogP contribution < -0.4 is 4.72 Å². The van der Waals surface area contributed by atoms with Crippen LogP contribution in [0.4, 0.5) is 4.39 Å². The van der Waals surface area contributed by atoms with E-state index in [2.05, 4.69) is 9.82 Å². The van der Waals surface area contributed by atoms with E-state index in [0.29, 0.717) is 19.4 Å². The largest absolute Gasteiger partial charge is 0.269 e. The minimum Gasteiger partial charge on any atom is -0.269 e. The van der Waals surface area contributed by atoms with Gasteiger partial charge in [-0.3, -0.25) is 4.68 Å². The van der Waals surface area contributed by atoms with Crippen LogP contribution in [0.1, 0.15) is 12.1 Å². The number of halogens is 1. The number of sulfonamides is 1. The predicted octanol–water partition coefficient (Wildman–Crippen LogP) is 1.32. The van der Waals surface area contributed by atoms with Crippen molar-refractivity contribution in [3.63, 3.8) is 0 Å². The van der Waals surface area contributed by atoms with Gasteiger partial charge in [-0.2, -0.15) is 5.10 Å². The first kappa shape index (κ1) is 13.3. The maximum absolute atomic E-state index is 13.6. The summed E-state index contributed by atoms with van der Waals surface area (Å²) in [6, 6.07) is 7.02. The zero-order valence-corrected chi connectivity index (χ0v) is 11.5. The van der Waals surface area contributed by atoms with E-state index in [1.807, 2.05) is 10.7 Å². The first-order valence-corrected chi connectivity index (χ1v) is 7.82. The molecule has 1 aromatic heterocycles. The lowest BCUT2D eigenvalue weighted by atomic mass is 10.1. The van der Waals surface area contributed by atoms with Crippen LogP contribution in [-0.4, -0.2) is 24.2 Å². The monoisotopic (exact) mass is 295 g/mol. The van der Waals surface area contributed by atoms with Crippen molar-refractivity contribution in [2.24, 2.45) is 0 Å². The number of aryl methyl sites for hydroxylation is 1. The SMILES string of the molecule is O=S(=O)(N[C@@H]1CCn2nccc2C1)c1ccccc1F. The molecule has 0 fully saturated rings. The maximum atomic E-state index is 13.6. The van der Waals surface area contributed by atoms with Gasteiger partial charge in [0, 0.05) is 30.9 Å². The number of aromatic nitrogens is 2. The fourth-order valence-corrected chi connectivity index (χ4v) is 3.76. The van der Waals surface area contributed by atoms with E-state index in [0.717, 1.165) is 11.8 Å². The molecule has 0 amide bonds. The van der Waals surface area contributed by atoms with Crippen molar-refractivity contribution in [1.82, 2.24) is 14.5 Å². The van der Waals surface area contributed by atoms with Crippen LogP contribution in [0.15, 0.2) is 41.4 Å². The highest BCUT2D eigenvalue weighted by atomic mass is 32.2. The van der Waals surface area contributed by atoms with Crippen LogP contribution in [-0.2, 0) is 23.0 Å². The van der Waals surface area contributed by atoms with E-state index >= 15 is 0 Å². The molecule has 3 rings (SSSR count). The zero-order chi connectivity index (χ0) is 14.2. The van der Waals surface area contributed by atoms with Crippen molar-refractivity contribution in [2.75, 3.05) is 0 Å². The Morgan fingerprint density at radius 2 is 2.10 bits per heavy atom. The van der Waals surface area contributed by atoms with E-state index in [1.165, 1.54) is 18.2 Å². The highest BCUT2D eigenvalue weighted by molar-refractivity contribution is 7.89. The quantitative estimate of drug-likeness (QED) is 0.928. The highest BCUT2D eigenvalue weighted by Crippen LogP contribution is 2.18. The molecule has 1 aliphatic heterocycles. The number of benzene rings is 1. The third-order valence-electron chi connectivity index (χ3n) is 3.40. The molecule has 0 saturated heterocycles. The fourth-order valence-electron chi connectivity index (χ4n) is 2.41. The van der Waals surface area contributed by atoms with Crippen LogP contribution in [0, 0.1) is 5.82 Å². The highest BCUT2D eigenvalue weighted by Gasteiger charge is 2.26. The van der Waals surface area contributed by atoms with E-state index in [4.69, 9.17) is 0 Å². The Hall–Kier alpha value is -1.73. The first-order valence-electron chi connectivity index (χ1n) is 6.34. The van der Waals surface area contributed by atoms with Crippen molar-refractivity contribution >= 4 is 10.0 Å². The smallest absolute Gasteiger partial charge is 0.243 e. The molecule has 106 valence electrons. The zero-order valence-electron chi connectivity index (χ0n) is 10.7. The predicted molar refractivity (Wildman–Crippen MR) is 71.1 cm³/mol. The minimum atomic E-state index is -3.83. The lowest BCUT2D eigenvalue weighted by molar-refractivity contribution is 0.413. The standard InChI is InChI=1S/C13H14FN3O2S/c14-12-3-1-2-4-13(12)20(18,19)16-10-6-8-17-11(9-10)5-7-15-17/h1-5,7,10,16H,6,8-9H2/t10-/m1/s1. The summed E-state index contributed by atoms with van der Waals surface area (Å²) in [5, 5.41) is 4.14.